The molecule has 1 rings (SSSR count). The van der Waals surface area contributed by atoms with Crippen molar-refractivity contribution < 1.29 is 19.4 Å². The van der Waals surface area contributed by atoms with Crippen molar-refractivity contribution in [1.82, 2.24) is 9.80 Å². The molecule has 0 aromatic rings. The summed E-state index contributed by atoms with van der Waals surface area (Å²) < 4.78 is 5.53. The van der Waals surface area contributed by atoms with E-state index in [1.165, 1.54) is 0 Å². The maximum atomic E-state index is 12.0. The van der Waals surface area contributed by atoms with Crippen molar-refractivity contribution in [1.29, 1.82) is 0 Å². The zero-order valence-corrected chi connectivity index (χ0v) is 12.5. The predicted octanol–water partition coefficient (Wildman–Crippen LogP) is 0.810. The first-order chi connectivity index (χ1) is 9.56. The van der Waals surface area contributed by atoms with Crippen LogP contribution in [0.25, 0.3) is 0 Å². The van der Waals surface area contributed by atoms with Crippen molar-refractivity contribution in [3.05, 3.63) is 0 Å². The highest BCUT2D eigenvalue weighted by Crippen LogP contribution is 2.14. The van der Waals surface area contributed by atoms with Crippen LogP contribution in [0.4, 0.5) is 0 Å². The fraction of sp³-hybridized carbons (Fsp3) is 0.857. The molecule has 0 aromatic heterocycles. The van der Waals surface area contributed by atoms with Gasteiger partial charge in [0.1, 0.15) is 0 Å². The van der Waals surface area contributed by atoms with Gasteiger partial charge < -0.3 is 14.7 Å². The molecule has 1 aliphatic heterocycles. The van der Waals surface area contributed by atoms with Gasteiger partial charge in [0, 0.05) is 26.2 Å². The van der Waals surface area contributed by atoms with Gasteiger partial charge in [-0.2, -0.15) is 0 Å². The third kappa shape index (κ3) is 5.88. The lowest BCUT2D eigenvalue weighted by molar-refractivity contribution is -0.139. The van der Waals surface area contributed by atoms with Gasteiger partial charge >= 0.3 is 5.97 Å². The molecule has 0 aliphatic carbocycles. The predicted molar refractivity (Wildman–Crippen MR) is 75.6 cm³/mol. The van der Waals surface area contributed by atoms with Crippen LogP contribution in [0.3, 0.4) is 0 Å². The molecule has 116 valence electrons. The second kappa shape index (κ2) is 8.92. The number of likely N-dealkylation sites (N-methyl/N-ethyl adjacent to an activating group) is 1. The van der Waals surface area contributed by atoms with E-state index in [4.69, 9.17) is 9.84 Å². The molecule has 1 N–H and O–H groups in total. The number of ether oxygens (including phenoxy) is 1. The van der Waals surface area contributed by atoms with Crippen LogP contribution in [0.5, 0.6) is 0 Å². The molecule has 0 atom stereocenters. The monoisotopic (exact) mass is 286 g/mol. The van der Waals surface area contributed by atoms with E-state index in [2.05, 4.69) is 4.90 Å². The normalized spacial score (nSPS) is 17.1. The minimum atomic E-state index is -0.827. The molecule has 0 bridgehead atoms. The van der Waals surface area contributed by atoms with Crippen LogP contribution in [0.15, 0.2) is 0 Å². The van der Waals surface area contributed by atoms with E-state index in [-0.39, 0.29) is 25.0 Å². The minimum absolute atomic E-state index is 0.0562. The number of piperidine rings is 1. The first kappa shape index (κ1) is 16.9. The van der Waals surface area contributed by atoms with Crippen molar-refractivity contribution in [2.45, 2.75) is 39.2 Å². The zero-order valence-electron chi connectivity index (χ0n) is 12.5. The van der Waals surface area contributed by atoms with Crippen molar-refractivity contribution in [3.63, 3.8) is 0 Å². The molecule has 0 unspecified atom stereocenters. The Kier molecular flexibility index (Phi) is 7.54. The highest BCUT2D eigenvalue weighted by Gasteiger charge is 2.22. The minimum Gasteiger partial charge on any atom is -0.481 e. The fourth-order valence-corrected chi connectivity index (χ4v) is 2.41. The standard InChI is InChI=1S/C14H26N2O4/c1-3-16(4-2)13(17)11-15-8-5-12(6-9-15)20-10-7-14(18)19/h12H,3-11H2,1-2H3,(H,18,19). The number of aliphatic carboxylic acids is 1. The van der Waals surface area contributed by atoms with E-state index in [0.29, 0.717) is 6.54 Å². The molecule has 0 spiro atoms. The number of nitrogens with zero attached hydrogens (tertiary/aromatic N) is 2. The van der Waals surface area contributed by atoms with Crippen LogP contribution in [0.1, 0.15) is 33.1 Å². The van der Waals surface area contributed by atoms with Crippen molar-refractivity contribution >= 4 is 11.9 Å². The summed E-state index contributed by atoms with van der Waals surface area (Å²) in [5.41, 5.74) is 0. The van der Waals surface area contributed by atoms with Crippen LogP contribution in [-0.4, -0.2) is 72.2 Å². The third-order valence-electron chi connectivity index (χ3n) is 3.68. The smallest absolute Gasteiger partial charge is 0.305 e. The molecular weight excluding hydrogens is 260 g/mol. The molecule has 1 aliphatic rings. The second-order valence-electron chi connectivity index (χ2n) is 5.06. The molecule has 1 saturated heterocycles. The van der Waals surface area contributed by atoms with Gasteiger partial charge in [-0.3, -0.25) is 14.5 Å². The van der Waals surface area contributed by atoms with E-state index in [0.717, 1.165) is 39.0 Å². The SMILES string of the molecule is CCN(CC)C(=O)CN1CCC(OCCC(=O)O)CC1. The number of hydrogen-bond donors (Lipinski definition) is 1. The number of rotatable bonds is 8. The van der Waals surface area contributed by atoms with E-state index < -0.39 is 5.97 Å². The average molecular weight is 286 g/mol. The molecular formula is C14H26N2O4. The second-order valence-corrected chi connectivity index (χ2v) is 5.06. The third-order valence-corrected chi connectivity index (χ3v) is 3.68. The van der Waals surface area contributed by atoms with Crippen molar-refractivity contribution in [2.75, 3.05) is 39.3 Å². The maximum absolute atomic E-state index is 12.0. The van der Waals surface area contributed by atoms with Gasteiger partial charge in [0.05, 0.1) is 25.7 Å². The van der Waals surface area contributed by atoms with E-state index in [1.807, 2.05) is 18.7 Å². The van der Waals surface area contributed by atoms with E-state index >= 15 is 0 Å². The number of carboxylic acid groups (broad SMARTS) is 1. The number of amides is 1. The van der Waals surface area contributed by atoms with Gasteiger partial charge in [0.15, 0.2) is 0 Å². The Morgan fingerprint density at radius 2 is 1.85 bits per heavy atom. The summed E-state index contributed by atoms with van der Waals surface area (Å²) in [6.45, 7) is 7.92. The van der Waals surface area contributed by atoms with Crippen LogP contribution < -0.4 is 0 Å². The Morgan fingerprint density at radius 3 is 2.35 bits per heavy atom. The first-order valence-electron chi connectivity index (χ1n) is 7.40. The van der Waals surface area contributed by atoms with Gasteiger partial charge in [-0.05, 0) is 26.7 Å². The summed E-state index contributed by atoms with van der Waals surface area (Å²) in [4.78, 5) is 26.4. The van der Waals surface area contributed by atoms with Gasteiger partial charge in [-0.1, -0.05) is 0 Å². The highest BCUT2D eigenvalue weighted by atomic mass is 16.5. The summed E-state index contributed by atoms with van der Waals surface area (Å²) in [6.07, 6.45) is 1.92. The number of carbonyl (C=O) groups excluding carboxylic acids is 1. The summed E-state index contributed by atoms with van der Waals surface area (Å²) >= 11 is 0. The lowest BCUT2D eigenvalue weighted by atomic mass is 10.1. The molecule has 20 heavy (non-hydrogen) atoms. The molecule has 1 heterocycles. The number of carbonyl (C=O) groups is 2. The molecule has 1 fully saturated rings. The molecule has 0 saturated carbocycles. The number of hydrogen-bond acceptors (Lipinski definition) is 4. The molecule has 6 nitrogen and oxygen atoms in total. The Labute approximate surface area is 120 Å². The topological polar surface area (TPSA) is 70.1 Å². The molecule has 6 heteroatoms. The average Bonchev–Trinajstić information content (AvgIpc) is 2.42. The van der Waals surface area contributed by atoms with Crippen molar-refractivity contribution in [3.8, 4) is 0 Å². The van der Waals surface area contributed by atoms with Gasteiger partial charge in [0.2, 0.25) is 5.91 Å². The van der Waals surface area contributed by atoms with E-state index in [9.17, 15) is 9.59 Å². The molecule has 0 radical (unpaired) electrons. The van der Waals surface area contributed by atoms with Gasteiger partial charge in [0.25, 0.3) is 0 Å². The number of likely N-dealkylation sites (tertiary alicyclic amines) is 1. The Balaban J connectivity index is 2.21. The Hall–Kier alpha value is -1.14. The molecule has 0 aromatic carbocycles. The molecule has 1 amide bonds. The number of carboxylic acids is 1. The first-order valence-corrected chi connectivity index (χ1v) is 7.40. The highest BCUT2D eigenvalue weighted by molar-refractivity contribution is 5.78. The van der Waals surface area contributed by atoms with Gasteiger partial charge in [-0.25, -0.2) is 0 Å². The maximum Gasteiger partial charge on any atom is 0.305 e. The fourth-order valence-electron chi connectivity index (χ4n) is 2.41. The van der Waals surface area contributed by atoms with Crippen LogP contribution in [0.2, 0.25) is 0 Å². The largest absolute Gasteiger partial charge is 0.481 e. The zero-order chi connectivity index (χ0) is 15.0. The summed E-state index contributed by atoms with van der Waals surface area (Å²) in [6, 6.07) is 0. The van der Waals surface area contributed by atoms with Gasteiger partial charge in [-0.15, -0.1) is 0 Å². The summed E-state index contributed by atoms with van der Waals surface area (Å²) in [5.74, 6) is -0.646. The Morgan fingerprint density at radius 1 is 1.25 bits per heavy atom. The quantitative estimate of drug-likeness (QED) is 0.715. The Bertz CT molecular complexity index is 310. The van der Waals surface area contributed by atoms with Crippen LogP contribution in [-0.2, 0) is 14.3 Å². The lowest BCUT2D eigenvalue weighted by Gasteiger charge is -2.32. The van der Waals surface area contributed by atoms with E-state index in [1.54, 1.807) is 0 Å². The summed E-state index contributed by atoms with van der Waals surface area (Å²) in [5, 5.41) is 8.55. The summed E-state index contributed by atoms with van der Waals surface area (Å²) in [7, 11) is 0. The van der Waals surface area contributed by atoms with Crippen LogP contribution in [0, 0.1) is 0 Å². The lowest BCUT2D eigenvalue weighted by Crippen LogP contribution is -2.44. The van der Waals surface area contributed by atoms with Crippen molar-refractivity contribution in [2.24, 2.45) is 0 Å². The van der Waals surface area contributed by atoms with Crippen LogP contribution >= 0.6 is 0 Å².